The van der Waals surface area contributed by atoms with Crippen molar-refractivity contribution >= 4 is 5.97 Å². The Kier molecular flexibility index (Phi) is 15.8. The number of nitrogens with zero attached hydrogens (tertiary/aromatic N) is 2. The first-order chi connectivity index (χ1) is 17.6. The topological polar surface area (TPSA) is 52.1 Å². The minimum atomic E-state index is -0.200. The quantitative estimate of drug-likeness (QED) is 0.136. The molecule has 1 heterocycles. The van der Waals surface area contributed by atoms with E-state index in [0.717, 1.165) is 30.7 Å². The standard InChI is InChI=1S/C32H50N2O2/c1-4-6-7-8-9-10-11-12-16-19-28-21-23-29(24-22-28)32-33-25-30(26-34-32)36-31(35)20-17-14-13-15-18-27(3)5-2/h21-27H,4-20H2,1-3H3. The van der Waals surface area contributed by atoms with Gasteiger partial charge in [-0.05, 0) is 30.7 Å². The highest BCUT2D eigenvalue weighted by Crippen LogP contribution is 2.20. The SMILES string of the molecule is CCCCCCCCCCCc1ccc(-c2ncc(OC(=O)CCCCCCC(C)CC)cn2)cc1. The zero-order valence-corrected chi connectivity index (χ0v) is 23.3. The van der Waals surface area contributed by atoms with Crippen LogP contribution in [0.25, 0.3) is 11.4 Å². The molecule has 4 nitrogen and oxygen atoms in total. The van der Waals surface area contributed by atoms with E-state index in [2.05, 4.69) is 55.0 Å². The number of hydrogen-bond acceptors (Lipinski definition) is 4. The highest BCUT2D eigenvalue weighted by molar-refractivity contribution is 5.72. The van der Waals surface area contributed by atoms with Crippen molar-refractivity contribution in [2.45, 2.75) is 130 Å². The molecule has 0 amide bonds. The Labute approximate surface area is 220 Å². The van der Waals surface area contributed by atoms with Crippen molar-refractivity contribution in [3.8, 4) is 17.1 Å². The number of benzene rings is 1. The smallest absolute Gasteiger partial charge is 0.311 e. The van der Waals surface area contributed by atoms with Crippen LogP contribution in [0.1, 0.15) is 129 Å². The number of esters is 1. The largest absolute Gasteiger partial charge is 0.423 e. The molecule has 2 rings (SSSR count). The lowest BCUT2D eigenvalue weighted by Gasteiger charge is -2.08. The molecule has 0 aliphatic carbocycles. The van der Waals surface area contributed by atoms with Gasteiger partial charge < -0.3 is 4.74 Å². The summed E-state index contributed by atoms with van der Waals surface area (Å²) >= 11 is 0. The molecule has 2 aromatic rings. The molecule has 0 bridgehead atoms. The monoisotopic (exact) mass is 494 g/mol. The van der Waals surface area contributed by atoms with Crippen LogP contribution in [-0.4, -0.2) is 15.9 Å². The molecule has 1 unspecified atom stereocenters. The van der Waals surface area contributed by atoms with E-state index < -0.39 is 0 Å². The molecule has 0 N–H and O–H groups in total. The lowest BCUT2D eigenvalue weighted by molar-refractivity contribution is -0.134. The lowest BCUT2D eigenvalue weighted by atomic mass is 10.0. The summed E-state index contributed by atoms with van der Waals surface area (Å²) in [6.07, 6.45) is 23.9. The van der Waals surface area contributed by atoms with E-state index in [9.17, 15) is 4.79 Å². The third kappa shape index (κ3) is 13.2. The van der Waals surface area contributed by atoms with Crippen LogP contribution in [0, 0.1) is 5.92 Å². The van der Waals surface area contributed by atoms with Gasteiger partial charge in [-0.2, -0.15) is 0 Å². The van der Waals surface area contributed by atoms with Gasteiger partial charge in [-0.15, -0.1) is 0 Å². The van der Waals surface area contributed by atoms with E-state index in [-0.39, 0.29) is 5.97 Å². The minimum absolute atomic E-state index is 0.200. The molecule has 36 heavy (non-hydrogen) atoms. The highest BCUT2D eigenvalue weighted by atomic mass is 16.5. The predicted octanol–water partition coefficient (Wildman–Crippen LogP) is 9.51. The van der Waals surface area contributed by atoms with E-state index in [0.29, 0.717) is 18.0 Å². The number of unbranched alkanes of at least 4 members (excludes halogenated alkanes) is 11. The average molecular weight is 495 g/mol. The number of rotatable bonds is 20. The number of carbonyl (C=O) groups is 1. The van der Waals surface area contributed by atoms with Gasteiger partial charge in [-0.3, -0.25) is 4.79 Å². The first kappa shape index (κ1) is 30.0. The summed E-state index contributed by atoms with van der Waals surface area (Å²) in [6.45, 7) is 6.82. The fourth-order valence-electron chi connectivity index (χ4n) is 4.48. The molecular weight excluding hydrogens is 444 g/mol. The number of aryl methyl sites for hydroxylation is 1. The summed E-state index contributed by atoms with van der Waals surface area (Å²) in [7, 11) is 0. The van der Waals surface area contributed by atoms with Gasteiger partial charge in [-0.25, -0.2) is 9.97 Å². The predicted molar refractivity (Wildman–Crippen MR) is 151 cm³/mol. The minimum Gasteiger partial charge on any atom is -0.423 e. The van der Waals surface area contributed by atoms with Gasteiger partial charge in [0.2, 0.25) is 0 Å². The number of hydrogen-bond donors (Lipinski definition) is 0. The summed E-state index contributed by atoms with van der Waals surface area (Å²) in [4.78, 5) is 20.9. The molecular formula is C32H50N2O2. The Bertz CT molecular complexity index is 817. The second-order valence-electron chi connectivity index (χ2n) is 10.5. The van der Waals surface area contributed by atoms with Gasteiger partial charge in [0, 0.05) is 12.0 Å². The fourth-order valence-corrected chi connectivity index (χ4v) is 4.48. The first-order valence-corrected chi connectivity index (χ1v) is 14.7. The molecule has 0 aliphatic rings. The van der Waals surface area contributed by atoms with Crippen molar-refractivity contribution in [1.29, 1.82) is 0 Å². The Morgan fingerprint density at radius 2 is 1.36 bits per heavy atom. The van der Waals surface area contributed by atoms with Gasteiger partial charge in [0.15, 0.2) is 11.6 Å². The van der Waals surface area contributed by atoms with Crippen LogP contribution in [0.2, 0.25) is 0 Å². The van der Waals surface area contributed by atoms with Gasteiger partial charge in [-0.1, -0.05) is 129 Å². The van der Waals surface area contributed by atoms with E-state index in [1.807, 2.05) is 0 Å². The number of ether oxygens (including phenoxy) is 1. The molecule has 0 radical (unpaired) electrons. The van der Waals surface area contributed by atoms with Gasteiger partial charge >= 0.3 is 5.97 Å². The molecule has 0 saturated carbocycles. The van der Waals surface area contributed by atoms with Gasteiger partial charge in [0.1, 0.15) is 0 Å². The van der Waals surface area contributed by atoms with Crippen LogP contribution < -0.4 is 4.74 Å². The van der Waals surface area contributed by atoms with Crippen LogP contribution in [0.5, 0.6) is 5.75 Å². The normalized spacial score (nSPS) is 12.0. The Morgan fingerprint density at radius 1 is 0.778 bits per heavy atom. The van der Waals surface area contributed by atoms with Crippen LogP contribution in [-0.2, 0) is 11.2 Å². The van der Waals surface area contributed by atoms with Crippen LogP contribution in [0.4, 0.5) is 0 Å². The molecule has 0 saturated heterocycles. The van der Waals surface area contributed by atoms with Crippen LogP contribution in [0.3, 0.4) is 0 Å². The molecule has 0 spiro atoms. The zero-order valence-electron chi connectivity index (χ0n) is 23.3. The van der Waals surface area contributed by atoms with Crippen molar-refractivity contribution < 1.29 is 9.53 Å². The number of aromatic nitrogens is 2. The number of carbonyl (C=O) groups excluding carboxylic acids is 1. The van der Waals surface area contributed by atoms with E-state index in [1.165, 1.54) is 89.0 Å². The van der Waals surface area contributed by atoms with Gasteiger partial charge in [0.25, 0.3) is 0 Å². The summed E-state index contributed by atoms with van der Waals surface area (Å²) in [6, 6.07) is 8.54. The molecule has 200 valence electrons. The Morgan fingerprint density at radius 3 is 2.00 bits per heavy atom. The molecule has 0 aliphatic heterocycles. The Hall–Kier alpha value is -2.23. The molecule has 1 aromatic carbocycles. The van der Waals surface area contributed by atoms with E-state index >= 15 is 0 Å². The van der Waals surface area contributed by atoms with Crippen molar-refractivity contribution in [2.75, 3.05) is 0 Å². The fraction of sp³-hybridized carbons (Fsp3) is 0.656. The molecule has 1 aromatic heterocycles. The molecule has 4 heteroatoms. The second-order valence-corrected chi connectivity index (χ2v) is 10.5. The van der Waals surface area contributed by atoms with Gasteiger partial charge in [0.05, 0.1) is 12.4 Å². The first-order valence-electron chi connectivity index (χ1n) is 14.7. The van der Waals surface area contributed by atoms with Crippen molar-refractivity contribution in [1.82, 2.24) is 9.97 Å². The summed E-state index contributed by atoms with van der Waals surface area (Å²) < 4.78 is 5.42. The lowest BCUT2D eigenvalue weighted by Crippen LogP contribution is -2.08. The average Bonchev–Trinajstić information content (AvgIpc) is 2.90. The Balaban J connectivity index is 1.62. The van der Waals surface area contributed by atoms with Crippen molar-refractivity contribution in [3.63, 3.8) is 0 Å². The zero-order chi connectivity index (χ0) is 25.8. The van der Waals surface area contributed by atoms with Crippen LogP contribution >= 0.6 is 0 Å². The third-order valence-electron chi connectivity index (χ3n) is 7.17. The van der Waals surface area contributed by atoms with E-state index in [1.54, 1.807) is 12.4 Å². The summed E-state index contributed by atoms with van der Waals surface area (Å²) in [5, 5.41) is 0. The molecule has 0 fully saturated rings. The maximum absolute atomic E-state index is 12.1. The summed E-state index contributed by atoms with van der Waals surface area (Å²) in [5.41, 5.74) is 2.35. The maximum atomic E-state index is 12.1. The van der Waals surface area contributed by atoms with Crippen LogP contribution in [0.15, 0.2) is 36.7 Å². The second kappa shape index (κ2) is 19.0. The maximum Gasteiger partial charge on any atom is 0.311 e. The van der Waals surface area contributed by atoms with Crippen molar-refractivity contribution in [3.05, 3.63) is 42.2 Å². The summed E-state index contributed by atoms with van der Waals surface area (Å²) in [5.74, 6) is 1.68. The highest BCUT2D eigenvalue weighted by Gasteiger charge is 2.08. The molecule has 1 atom stereocenters. The van der Waals surface area contributed by atoms with E-state index in [4.69, 9.17) is 4.74 Å². The van der Waals surface area contributed by atoms with Crippen molar-refractivity contribution in [2.24, 2.45) is 5.92 Å². The third-order valence-corrected chi connectivity index (χ3v) is 7.17.